The molecule has 0 spiro atoms. The van der Waals surface area contributed by atoms with Crippen molar-refractivity contribution < 1.29 is 17.6 Å². The van der Waals surface area contributed by atoms with E-state index in [4.69, 9.17) is 5.73 Å². The van der Waals surface area contributed by atoms with Crippen molar-refractivity contribution in [2.24, 2.45) is 0 Å². The van der Waals surface area contributed by atoms with Crippen molar-refractivity contribution in [3.05, 3.63) is 65.5 Å². The Balaban J connectivity index is 1.99. The number of aromatic nitrogens is 2. The molecule has 0 saturated heterocycles. The van der Waals surface area contributed by atoms with E-state index in [0.717, 1.165) is 24.1 Å². The zero-order valence-corrected chi connectivity index (χ0v) is 14.8. The number of rotatable bonds is 4. The van der Waals surface area contributed by atoms with Gasteiger partial charge in [-0.3, -0.25) is 0 Å². The summed E-state index contributed by atoms with van der Waals surface area (Å²) in [5.74, 6) is -0.142. The monoisotopic (exact) mass is 394 g/mol. The summed E-state index contributed by atoms with van der Waals surface area (Å²) in [7, 11) is 0. The molecule has 4 nitrogen and oxygen atoms in total. The molecule has 3 aromatic rings. The van der Waals surface area contributed by atoms with Crippen LogP contribution in [0.25, 0.3) is 11.3 Å². The van der Waals surface area contributed by atoms with E-state index in [-0.39, 0.29) is 17.1 Å². The molecule has 140 valence electrons. The first-order valence-corrected chi connectivity index (χ1v) is 8.56. The molecule has 0 atom stereocenters. The summed E-state index contributed by atoms with van der Waals surface area (Å²) >= 11 is 1.05. The first-order valence-electron chi connectivity index (χ1n) is 7.74. The van der Waals surface area contributed by atoms with E-state index in [1.165, 1.54) is 18.2 Å². The van der Waals surface area contributed by atoms with Crippen LogP contribution >= 0.6 is 11.9 Å². The molecule has 0 bridgehead atoms. The molecule has 0 aliphatic carbocycles. The van der Waals surface area contributed by atoms with Crippen LogP contribution in [0.2, 0.25) is 0 Å². The maximum Gasteiger partial charge on any atom is 0.418 e. The van der Waals surface area contributed by atoms with E-state index in [1.807, 2.05) is 0 Å². The van der Waals surface area contributed by atoms with E-state index in [9.17, 15) is 17.6 Å². The number of aryl methyl sites for hydroxylation is 1. The zero-order valence-electron chi connectivity index (χ0n) is 14.0. The Labute approximate surface area is 157 Å². The average molecular weight is 394 g/mol. The second-order valence-electron chi connectivity index (χ2n) is 5.65. The Morgan fingerprint density at radius 3 is 2.52 bits per heavy atom. The number of hydrogen-bond donors (Lipinski definition) is 2. The Morgan fingerprint density at radius 2 is 1.81 bits per heavy atom. The highest BCUT2D eigenvalue weighted by Crippen LogP contribution is 2.38. The highest BCUT2D eigenvalue weighted by atomic mass is 32.2. The third-order valence-electron chi connectivity index (χ3n) is 3.66. The molecule has 3 rings (SSSR count). The molecule has 27 heavy (non-hydrogen) atoms. The van der Waals surface area contributed by atoms with Crippen molar-refractivity contribution in [1.82, 2.24) is 9.97 Å². The third-order valence-corrected chi connectivity index (χ3v) is 4.41. The van der Waals surface area contributed by atoms with Crippen LogP contribution in [0, 0.1) is 12.7 Å². The van der Waals surface area contributed by atoms with Crippen molar-refractivity contribution in [2.75, 3.05) is 10.5 Å². The molecule has 2 heterocycles. The van der Waals surface area contributed by atoms with Gasteiger partial charge in [-0.2, -0.15) is 13.2 Å². The maximum absolute atomic E-state index is 13.6. The summed E-state index contributed by atoms with van der Waals surface area (Å²) in [4.78, 5) is 8.14. The van der Waals surface area contributed by atoms with Gasteiger partial charge in [0.05, 0.1) is 11.3 Å². The number of pyridine rings is 2. The number of nitrogens with zero attached hydrogens (tertiary/aromatic N) is 2. The zero-order chi connectivity index (χ0) is 19.6. The fourth-order valence-corrected chi connectivity index (χ4v) is 3.01. The van der Waals surface area contributed by atoms with Gasteiger partial charge in [-0.25, -0.2) is 14.4 Å². The number of nitrogen functional groups attached to an aromatic ring is 1. The topological polar surface area (TPSA) is 63.8 Å². The van der Waals surface area contributed by atoms with Crippen LogP contribution in [-0.2, 0) is 6.18 Å². The second kappa shape index (κ2) is 7.43. The minimum atomic E-state index is -4.62. The van der Waals surface area contributed by atoms with Crippen LogP contribution in [0.5, 0.6) is 0 Å². The standard InChI is InChI=1S/C18H14F4N4S/c1-10-5-6-11(19)9-12(10)17-13(18(20,21)22)7-8-15(25-17)26-27-16-4-2-3-14(23)24-16/h2-9H,1H3,(H2,23,24)(H,25,26). The first-order chi connectivity index (χ1) is 12.7. The second-order valence-corrected chi connectivity index (χ2v) is 6.48. The summed E-state index contributed by atoms with van der Waals surface area (Å²) in [6.45, 7) is 1.60. The molecule has 0 aliphatic rings. The number of alkyl halides is 3. The lowest BCUT2D eigenvalue weighted by Crippen LogP contribution is -2.10. The van der Waals surface area contributed by atoms with Crippen LogP contribution in [0.1, 0.15) is 11.1 Å². The third kappa shape index (κ3) is 4.48. The number of benzene rings is 1. The summed E-state index contributed by atoms with van der Waals surface area (Å²) in [5, 5.41) is 0.528. The molecule has 0 saturated carbocycles. The molecular weight excluding hydrogens is 380 g/mol. The Morgan fingerprint density at radius 1 is 1.04 bits per heavy atom. The Hall–Kier alpha value is -2.81. The minimum Gasteiger partial charge on any atom is -0.384 e. The molecule has 0 aliphatic heterocycles. The predicted octanol–water partition coefficient (Wildman–Crippen LogP) is 5.31. The lowest BCUT2D eigenvalue weighted by molar-refractivity contribution is -0.137. The highest BCUT2D eigenvalue weighted by Gasteiger charge is 2.35. The fraction of sp³-hybridized carbons (Fsp3) is 0.111. The number of halogens is 4. The molecule has 0 radical (unpaired) electrons. The quantitative estimate of drug-likeness (QED) is 0.464. The summed E-state index contributed by atoms with van der Waals surface area (Å²) in [6.07, 6.45) is -4.62. The summed E-state index contributed by atoms with van der Waals surface area (Å²) in [5.41, 5.74) is 4.88. The largest absolute Gasteiger partial charge is 0.418 e. The van der Waals surface area contributed by atoms with Gasteiger partial charge >= 0.3 is 6.18 Å². The smallest absolute Gasteiger partial charge is 0.384 e. The minimum absolute atomic E-state index is 0.0815. The van der Waals surface area contributed by atoms with Crippen molar-refractivity contribution >= 4 is 23.6 Å². The van der Waals surface area contributed by atoms with Gasteiger partial charge in [0.2, 0.25) is 0 Å². The Kier molecular flexibility index (Phi) is 5.22. The van der Waals surface area contributed by atoms with Gasteiger partial charge in [0.1, 0.15) is 22.5 Å². The molecule has 0 fully saturated rings. The SMILES string of the molecule is Cc1ccc(F)cc1-c1nc(NSc2cccc(N)n2)ccc1C(F)(F)F. The number of nitrogens with one attached hydrogen (secondary N) is 1. The van der Waals surface area contributed by atoms with Gasteiger partial charge in [-0.05, 0) is 48.9 Å². The highest BCUT2D eigenvalue weighted by molar-refractivity contribution is 8.00. The van der Waals surface area contributed by atoms with Crippen molar-refractivity contribution in [3.8, 4) is 11.3 Å². The van der Waals surface area contributed by atoms with Gasteiger partial charge < -0.3 is 10.5 Å². The van der Waals surface area contributed by atoms with Gasteiger partial charge in [0.15, 0.2) is 0 Å². The predicted molar refractivity (Wildman–Crippen MR) is 97.5 cm³/mol. The lowest BCUT2D eigenvalue weighted by Gasteiger charge is -2.15. The summed E-state index contributed by atoms with van der Waals surface area (Å²) in [6, 6.07) is 10.8. The van der Waals surface area contributed by atoms with Crippen LogP contribution in [0.4, 0.5) is 29.2 Å². The van der Waals surface area contributed by atoms with E-state index >= 15 is 0 Å². The first kappa shape index (κ1) is 19.0. The van der Waals surface area contributed by atoms with Crippen LogP contribution in [0.15, 0.2) is 53.6 Å². The molecule has 2 aromatic heterocycles. The molecule has 1 aromatic carbocycles. The van der Waals surface area contributed by atoms with Crippen molar-refractivity contribution in [3.63, 3.8) is 0 Å². The number of anilines is 2. The molecule has 0 unspecified atom stereocenters. The van der Waals surface area contributed by atoms with Gasteiger partial charge in [-0.1, -0.05) is 12.1 Å². The van der Waals surface area contributed by atoms with Crippen LogP contribution in [0.3, 0.4) is 0 Å². The maximum atomic E-state index is 13.6. The lowest BCUT2D eigenvalue weighted by atomic mass is 10.0. The molecule has 9 heteroatoms. The van der Waals surface area contributed by atoms with E-state index in [1.54, 1.807) is 25.1 Å². The van der Waals surface area contributed by atoms with E-state index in [2.05, 4.69) is 14.7 Å². The normalized spacial score (nSPS) is 11.4. The van der Waals surface area contributed by atoms with Crippen molar-refractivity contribution in [2.45, 2.75) is 18.1 Å². The van der Waals surface area contributed by atoms with E-state index in [0.29, 0.717) is 16.4 Å². The van der Waals surface area contributed by atoms with Crippen LogP contribution in [-0.4, -0.2) is 9.97 Å². The fourth-order valence-electron chi connectivity index (χ4n) is 2.39. The number of hydrogen-bond acceptors (Lipinski definition) is 5. The van der Waals surface area contributed by atoms with Gasteiger partial charge in [0, 0.05) is 17.5 Å². The molecular formula is C18H14F4N4S. The number of nitrogens with two attached hydrogens (primary N) is 1. The molecule has 3 N–H and O–H groups in total. The average Bonchev–Trinajstić information content (AvgIpc) is 2.61. The Bertz CT molecular complexity index is 976. The van der Waals surface area contributed by atoms with Crippen molar-refractivity contribution in [1.29, 1.82) is 0 Å². The van der Waals surface area contributed by atoms with Crippen LogP contribution < -0.4 is 10.5 Å². The van der Waals surface area contributed by atoms with E-state index < -0.39 is 17.6 Å². The van der Waals surface area contributed by atoms with Gasteiger partial charge in [0.25, 0.3) is 0 Å². The summed E-state index contributed by atoms with van der Waals surface area (Å²) < 4.78 is 56.7. The molecule has 0 amide bonds. The van der Waals surface area contributed by atoms with Gasteiger partial charge in [-0.15, -0.1) is 0 Å².